The zero-order valence-electron chi connectivity index (χ0n) is 15.5. The van der Waals surface area contributed by atoms with Crippen LogP contribution >= 0.6 is 0 Å². The minimum absolute atomic E-state index is 0.0361. The summed E-state index contributed by atoms with van der Waals surface area (Å²) < 4.78 is 5.15. The van der Waals surface area contributed by atoms with E-state index in [1.54, 1.807) is 18.0 Å². The minimum atomic E-state index is -0.411. The maximum Gasteiger partial charge on any atom is 0.328 e. The molecule has 0 radical (unpaired) electrons. The van der Waals surface area contributed by atoms with Gasteiger partial charge in [-0.15, -0.1) is 0 Å². The number of aromatic nitrogens is 1. The molecule has 7 heteroatoms. The van der Waals surface area contributed by atoms with Crippen molar-refractivity contribution in [3.8, 4) is 0 Å². The minimum Gasteiger partial charge on any atom is -0.464 e. The fourth-order valence-electron chi connectivity index (χ4n) is 3.67. The summed E-state index contributed by atoms with van der Waals surface area (Å²) >= 11 is 0. The third-order valence-electron chi connectivity index (χ3n) is 5.09. The second-order valence-corrected chi connectivity index (χ2v) is 6.80. The van der Waals surface area contributed by atoms with Gasteiger partial charge in [0, 0.05) is 38.9 Å². The number of carbonyl (C=O) groups excluding carboxylic acids is 2. The first-order valence-corrected chi connectivity index (χ1v) is 9.53. The van der Waals surface area contributed by atoms with Crippen molar-refractivity contribution in [2.45, 2.75) is 32.2 Å². The molecule has 1 atom stereocenters. The van der Waals surface area contributed by atoms with E-state index in [1.165, 1.54) is 0 Å². The molecule has 0 aromatic carbocycles. The number of hydrogen-bond acceptors (Lipinski definition) is 6. The van der Waals surface area contributed by atoms with Gasteiger partial charge in [-0.05, 0) is 38.3 Å². The Kier molecular flexibility index (Phi) is 6.44. The van der Waals surface area contributed by atoms with Gasteiger partial charge in [-0.2, -0.15) is 0 Å². The number of amides is 1. The molecule has 3 rings (SSSR count). The Hall–Kier alpha value is -2.15. The Balaban J connectivity index is 1.52. The van der Waals surface area contributed by atoms with Crippen molar-refractivity contribution in [1.82, 2.24) is 14.8 Å². The van der Waals surface area contributed by atoms with E-state index < -0.39 is 6.04 Å². The third-order valence-corrected chi connectivity index (χ3v) is 5.09. The number of likely N-dealkylation sites (tertiary alicyclic amines) is 1. The van der Waals surface area contributed by atoms with Crippen LogP contribution in [0.5, 0.6) is 0 Å². The fraction of sp³-hybridized carbons (Fsp3) is 0.632. The molecule has 0 N–H and O–H groups in total. The molecule has 142 valence electrons. The van der Waals surface area contributed by atoms with Crippen molar-refractivity contribution in [1.29, 1.82) is 0 Å². The normalized spacial score (nSPS) is 21.5. The van der Waals surface area contributed by atoms with Gasteiger partial charge in [0.05, 0.1) is 13.2 Å². The molecule has 0 bridgehead atoms. The average Bonchev–Trinajstić information content (AvgIpc) is 2.69. The Morgan fingerprint density at radius 3 is 2.65 bits per heavy atom. The monoisotopic (exact) mass is 360 g/mol. The SMILES string of the molecule is CCOC(=O)C1CCCCN1C(=O)CN1CCN(c2ccccn2)CC1. The molecule has 0 aliphatic carbocycles. The molecule has 1 amide bonds. The predicted molar refractivity (Wildman–Crippen MR) is 98.9 cm³/mol. The van der Waals surface area contributed by atoms with E-state index in [0.29, 0.717) is 26.1 Å². The summed E-state index contributed by atoms with van der Waals surface area (Å²) in [5.41, 5.74) is 0. The summed E-state index contributed by atoms with van der Waals surface area (Å²) in [6.45, 7) is 6.51. The van der Waals surface area contributed by atoms with E-state index in [2.05, 4.69) is 14.8 Å². The highest BCUT2D eigenvalue weighted by atomic mass is 16.5. The number of piperazine rings is 1. The molecule has 1 aromatic rings. The number of rotatable bonds is 5. The van der Waals surface area contributed by atoms with Gasteiger partial charge in [-0.25, -0.2) is 9.78 Å². The maximum absolute atomic E-state index is 12.8. The fourth-order valence-corrected chi connectivity index (χ4v) is 3.67. The van der Waals surface area contributed by atoms with Gasteiger partial charge in [0.25, 0.3) is 0 Å². The molecule has 2 saturated heterocycles. The second-order valence-electron chi connectivity index (χ2n) is 6.80. The summed E-state index contributed by atoms with van der Waals surface area (Å²) in [6, 6.07) is 5.51. The van der Waals surface area contributed by atoms with Crippen LogP contribution in [0.25, 0.3) is 0 Å². The summed E-state index contributed by atoms with van der Waals surface area (Å²) in [5, 5.41) is 0. The van der Waals surface area contributed by atoms with Crippen molar-refractivity contribution < 1.29 is 14.3 Å². The second kappa shape index (κ2) is 8.98. The molecule has 2 fully saturated rings. The van der Waals surface area contributed by atoms with Gasteiger partial charge in [0.1, 0.15) is 11.9 Å². The Morgan fingerprint density at radius 1 is 1.15 bits per heavy atom. The lowest BCUT2D eigenvalue weighted by molar-refractivity contribution is -0.157. The molecule has 2 aliphatic rings. The lowest BCUT2D eigenvalue weighted by atomic mass is 10.0. The van der Waals surface area contributed by atoms with Crippen LogP contribution in [0.2, 0.25) is 0 Å². The van der Waals surface area contributed by atoms with E-state index in [-0.39, 0.29) is 11.9 Å². The smallest absolute Gasteiger partial charge is 0.328 e. The van der Waals surface area contributed by atoms with E-state index >= 15 is 0 Å². The number of hydrogen-bond donors (Lipinski definition) is 0. The van der Waals surface area contributed by atoms with Crippen LogP contribution in [0.3, 0.4) is 0 Å². The molecule has 2 aliphatic heterocycles. The molecule has 1 unspecified atom stereocenters. The first-order valence-electron chi connectivity index (χ1n) is 9.53. The number of nitrogens with zero attached hydrogens (tertiary/aromatic N) is 4. The number of esters is 1. The van der Waals surface area contributed by atoms with Crippen LogP contribution in [0.4, 0.5) is 5.82 Å². The number of pyridine rings is 1. The molecule has 0 spiro atoms. The Bertz CT molecular complexity index is 602. The molecule has 0 saturated carbocycles. The maximum atomic E-state index is 12.8. The third kappa shape index (κ3) is 4.52. The quantitative estimate of drug-likeness (QED) is 0.734. The highest BCUT2D eigenvalue weighted by molar-refractivity contribution is 5.85. The van der Waals surface area contributed by atoms with Crippen LogP contribution in [-0.2, 0) is 14.3 Å². The highest BCUT2D eigenvalue weighted by Crippen LogP contribution is 2.19. The van der Waals surface area contributed by atoms with Gasteiger partial charge in [-0.3, -0.25) is 9.69 Å². The molecule has 26 heavy (non-hydrogen) atoms. The number of piperidine rings is 1. The first kappa shape index (κ1) is 18.6. The Morgan fingerprint density at radius 2 is 1.96 bits per heavy atom. The molecule has 7 nitrogen and oxygen atoms in total. The number of anilines is 1. The van der Waals surface area contributed by atoms with Crippen molar-refractivity contribution in [3.63, 3.8) is 0 Å². The summed E-state index contributed by atoms with van der Waals surface area (Å²) in [4.78, 5) is 35.5. The zero-order chi connectivity index (χ0) is 18.4. The largest absolute Gasteiger partial charge is 0.464 e. The van der Waals surface area contributed by atoms with E-state index in [0.717, 1.165) is 44.8 Å². The topological polar surface area (TPSA) is 66.0 Å². The molecule has 3 heterocycles. The van der Waals surface area contributed by atoms with Crippen molar-refractivity contribution in [3.05, 3.63) is 24.4 Å². The van der Waals surface area contributed by atoms with Crippen molar-refractivity contribution in [2.24, 2.45) is 0 Å². The van der Waals surface area contributed by atoms with Gasteiger partial charge >= 0.3 is 5.97 Å². The van der Waals surface area contributed by atoms with Crippen LogP contribution in [-0.4, -0.2) is 78.6 Å². The van der Waals surface area contributed by atoms with Gasteiger partial charge in [0.2, 0.25) is 5.91 Å². The highest BCUT2D eigenvalue weighted by Gasteiger charge is 2.34. The van der Waals surface area contributed by atoms with Crippen LogP contribution < -0.4 is 4.90 Å². The van der Waals surface area contributed by atoms with Crippen LogP contribution in [0, 0.1) is 0 Å². The van der Waals surface area contributed by atoms with E-state index in [4.69, 9.17) is 4.74 Å². The molecule has 1 aromatic heterocycles. The lowest BCUT2D eigenvalue weighted by Crippen LogP contribution is -2.54. The molecular weight excluding hydrogens is 332 g/mol. The van der Waals surface area contributed by atoms with Gasteiger partial charge in [0.15, 0.2) is 0 Å². The van der Waals surface area contributed by atoms with Gasteiger partial charge < -0.3 is 14.5 Å². The van der Waals surface area contributed by atoms with Gasteiger partial charge in [-0.1, -0.05) is 6.07 Å². The van der Waals surface area contributed by atoms with Crippen molar-refractivity contribution >= 4 is 17.7 Å². The lowest BCUT2D eigenvalue weighted by Gasteiger charge is -2.38. The standard InChI is InChI=1S/C19H28N4O3/c1-2-26-19(25)16-7-4-6-10-23(16)18(24)15-21-11-13-22(14-12-21)17-8-3-5-9-20-17/h3,5,8-9,16H,2,4,6-7,10-15H2,1H3. The summed E-state index contributed by atoms with van der Waals surface area (Å²) in [7, 11) is 0. The van der Waals surface area contributed by atoms with Crippen LogP contribution in [0.15, 0.2) is 24.4 Å². The zero-order valence-corrected chi connectivity index (χ0v) is 15.5. The molecular formula is C19H28N4O3. The summed E-state index contributed by atoms with van der Waals surface area (Å²) in [5.74, 6) is 0.756. The van der Waals surface area contributed by atoms with Crippen molar-refractivity contribution in [2.75, 3.05) is 50.8 Å². The Labute approximate surface area is 154 Å². The number of carbonyl (C=O) groups is 2. The predicted octanol–water partition coefficient (Wildman–Crippen LogP) is 1.15. The average molecular weight is 360 g/mol. The number of ether oxygens (including phenoxy) is 1. The van der Waals surface area contributed by atoms with E-state index in [9.17, 15) is 9.59 Å². The van der Waals surface area contributed by atoms with E-state index in [1.807, 2.05) is 18.2 Å². The van der Waals surface area contributed by atoms with Crippen LogP contribution in [0.1, 0.15) is 26.2 Å². The first-order chi connectivity index (χ1) is 12.7. The summed E-state index contributed by atoms with van der Waals surface area (Å²) in [6.07, 6.45) is 4.43.